The Morgan fingerprint density at radius 1 is 1.25 bits per heavy atom. The van der Waals surface area contributed by atoms with E-state index in [1.54, 1.807) is 0 Å². The van der Waals surface area contributed by atoms with Crippen molar-refractivity contribution in [3.05, 3.63) is 35.4 Å². The predicted octanol–water partition coefficient (Wildman–Crippen LogP) is 2.61. The van der Waals surface area contributed by atoms with Crippen LogP contribution in [0.5, 0.6) is 0 Å². The fourth-order valence-corrected chi connectivity index (χ4v) is 3.35. The number of likely N-dealkylation sites (tertiary alicyclic amines) is 1. The summed E-state index contributed by atoms with van der Waals surface area (Å²) in [5.74, 6) is 0.936. The van der Waals surface area contributed by atoms with Gasteiger partial charge >= 0.3 is 6.03 Å². The van der Waals surface area contributed by atoms with Crippen molar-refractivity contribution in [3.63, 3.8) is 0 Å². The van der Waals surface area contributed by atoms with Crippen LogP contribution < -0.4 is 11.1 Å². The Kier molecular flexibility index (Phi) is 7.09. The fraction of sp³-hybridized carbons (Fsp3) is 0.579. The first-order chi connectivity index (χ1) is 11.5. The van der Waals surface area contributed by atoms with E-state index in [1.807, 2.05) is 17.0 Å². The summed E-state index contributed by atoms with van der Waals surface area (Å²) in [6.45, 7) is 4.45. The van der Waals surface area contributed by atoms with Crippen molar-refractivity contribution in [1.29, 1.82) is 0 Å². The van der Waals surface area contributed by atoms with E-state index >= 15 is 0 Å². The molecule has 0 aromatic heterocycles. The molecule has 1 aromatic rings. The molecule has 132 valence electrons. The second kappa shape index (κ2) is 9.30. The third-order valence-corrected chi connectivity index (χ3v) is 4.74. The number of carbonyl (C=O) groups excluding carboxylic acids is 2. The molecule has 0 bridgehead atoms. The molecule has 1 fully saturated rings. The van der Waals surface area contributed by atoms with Gasteiger partial charge in [-0.3, -0.25) is 4.79 Å². The molecular formula is C19H29N3O2. The van der Waals surface area contributed by atoms with E-state index in [0.717, 1.165) is 44.3 Å². The molecule has 0 spiro atoms. The Balaban J connectivity index is 1.65. The van der Waals surface area contributed by atoms with Crippen LogP contribution in [-0.2, 0) is 11.2 Å². The Bertz CT molecular complexity index is 551. The maximum Gasteiger partial charge on any atom is 0.312 e. The molecule has 1 aliphatic heterocycles. The van der Waals surface area contributed by atoms with E-state index in [2.05, 4.69) is 24.4 Å². The Morgan fingerprint density at radius 3 is 2.67 bits per heavy atom. The van der Waals surface area contributed by atoms with Gasteiger partial charge in [0.05, 0.1) is 6.42 Å². The summed E-state index contributed by atoms with van der Waals surface area (Å²) in [6.07, 6.45) is 5.91. The van der Waals surface area contributed by atoms with Crippen molar-refractivity contribution in [2.75, 3.05) is 19.6 Å². The van der Waals surface area contributed by atoms with Crippen LogP contribution in [0.15, 0.2) is 24.3 Å². The molecule has 24 heavy (non-hydrogen) atoms. The number of hydrogen-bond acceptors (Lipinski definition) is 2. The number of rotatable bonds is 7. The zero-order chi connectivity index (χ0) is 17.4. The summed E-state index contributed by atoms with van der Waals surface area (Å²) < 4.78 is 0. The van der Waals surface area contributed by atoms with Gasteiger partial charge in [0.1, 0.15) is 0 Å². The number of hydrogen-bond donors (Lipinski definition) is 2. The molecule has 0 atom stereocenters. The average molecular weight is 331 g/mol. The van der Waals surface area contributed by atoms with Gasteiger partial charge in [-0.1, -0.05) is 42.7 Å². The number of aryl methyl sites for hydroxylation is 1. The monoisotopic (exact) mass is 331 g/mol. The van der Waals surface area contributed by atoms with Crippen molar-refractivity contribution < 1.29 is 9.59 Å². The maximum atomic E-state index is 12.4. The Labute approximate surface area is 144 Å². The van der Waals surface area contributed by atoms with E-state index in [-0.39, 0.29) is 5.91 Å². The molecule has 0 saturated carbocycles. The number of amides is 3. The van der Waals surface area contributed by atoms with Crippen LogP contribution in [0.3, 0.4) is 0 Å². The third-order valence-electron chi connectivity index (χ3n) is 4.74. The van der Waals surface area contributed by atoms with Crippen molar-refractivity contribution in [2.24, 2.45) is 11.7 Å². The molecule has 0 aliphatic carbocycles. The lowest BCUT2D eigenvalue weighted by Gasteiger charge is -2.32. The van der Waals surface area contributed by atoms with E-state index in [9.17, 15) is 9.59 Å². The minimum absolute atomic E-state index is 0.240. The fourth-order valence-electron chi connectivity index (χ4n) is 3.35. The topological polar surface area (TPSA) is 75.4 Å². The van der Waals surface area contributed by atoms with Crippen LogP contribution in [0.4, 0.5) is 4.79 Å². The minimum Gasteiger partial charge on any atom is -0.352 e. The standard InChI is InChI=1S/C19H29N3O2/c1-15-5-4-7-17(13-15)14-18(23)22-11-8-16(9-12-22)6-2-3-10-21-19(20)24/h4-5,7,13,16H,2-3,6,8-12,14H2,1H3,(H3,20,21,24). The molecule has 0 radical (unpaired) electrons. The lowest BCUT2D eigenvalue weighted by Crippen LogP contribution is -2.39. The molecule has 1 aliphatic rings. The smallest absolute Gasteiger partial charge is 0.312 e. The molecule has 1 aromatic carbocycles. The third kappa shape index (κ3) is 6.22. The lowest BCUT2D eigenvalue weighted by atomic mass is 9.91. The lowest BCUT2D eigenvalue weighted by molar-refractivity contribution is -0.131. The first-order valence-corrected chi connectivity index (χ1v) is 8.91. The number of piperidine rings is 1. The second-order valence-electron chi connectivity index (χ2n) is 6.78. The first kappa shape index (κ1) is 18.3. The predicted molar refractivity (Wildman–Crippen MR) is 95.6 cm³/mol. The van der Waals surface area contributed by atoms with Gasteiger partial charge in [0.25, 0.3) is 0 Å². The summed E-state index contributed by atoms with van der Waals surface area (Å²) in [6, 6.07) is 7.73. The van der Waals surface area contributed by atoms with Crippen molar-refractivity contribution in [2.45, 2.75) is 45.4 Å². The molecule has 5 nitrogen and oxygen atoms in total. The van der Waals surface area contributed by atoms with Crippen molar-refractivity contribution in [1.82, 2.24) is 10.2 Å². The van der Waals surface area contributed by atoms with Gasteiger partial charge in [0, 0.05) is 19.6 Å². The van der Waals surface area contributed by atoms with Crippen molar-refractivity contribution >= 4 is 11.9 Å². The van der Waals surface area contributed by atoms with Crippen LogP contribution in [-0.4, -0.2) is 36.5 Å². The summed E-state index contributed by atoms with van der Waals surface area (Å²) in [5.41, 5.74) is 7.34. The first-order valence-electron chi connectivity index (χ1n) is 8.91. The number of unbranched alkanes of at least 4 members (excludes halogenated alkanes) is 1. The molecule has 0 unspecified atom stereocenters. The molecule has 2 rings (SSSR count). The van der Waals surface area contributed by atoms with Crippen LogP contribution >= 0.6 is 0 Å². The average Bonchev–Trinajstić information content (AvgIpc) is 2.55. The number of urea groups is 1. The number of nitrogens with zero attached hydrogens (tertiary/aromatic N) is 1. The highest BCUT2D eigenvalue weighted by atomic mass is 16.2. The zero-order valence-corrected chi connectivity index (χ0v) is 14.6. The Hall–Kier alpha value is -2.04. The van der Waals surface area contributed by atoms with Crippen LogP contribution in [0, 0.1) is 12.8 Å². The summed E-state index contributed by atoms with van der Waals surface area (Å²) in [5, 5.41) is 2.62. The number of primary amides is 1. The number of nitrogens with one attached hydrogen (secondary N) is 1. The molecule has 1 saturated heterocycles. The van der Waals surface area contributed by atoms with Crippen molar-refractivity contribution in [3.8, 4) is 0 Å². The van der Waals surface area contributed by atoms with Crippen LogP contribution in [0.2, 0.25) is 0 Å². The van der Waals surface area contributed by atoms with E-state index < -0.39 is 6.03 Å². The quantitative estimate of drug-likeness (QED) is 0.754. The highest BCUT2D eigenvalue weighted by Gasteiger charge is 2.22. The van der Waals surface area contributed by atoms with Gasteiger partial charge in [-0.05, 0) is 37.7 Å². The molecule has 3 amide bonds. The van der Waals surface area contributed by atoms with Gasteiger partial charge in [-0.15, -0.1) is 0 Å². The summed E-state index contributed by atoms with van der Waals surface area (Å²) >= 11 is 0. The second-order valence-corrected chi connectivity index (χ2v) is 6.78. The van der Waals surface area contributed by atoms with Gasteiger partial charge in [-0.2, -0.15) is 0 Å². The Morgan fingerprint density at radius 2 is 2.00 bits per heavy atom. The number of nitrogens with two attached hydrogens (primary N) is 1. The van der Waals surface area contributed by atoms with Gasteiger partial charge in [-0.25, -0.2) is 4.79 Å². The largest absolute Gasteiger partial charge is 0.352 e. The van der Waals surface area contributed by atoms with E-state index in [0.29, 0.717) is 18.9 Å². The maximum absolute atomic E-state index is 12.4. The summed E-state index contributed by atoms with van der Waals surface area (Å²) in [4.78, 5) is 25.0. The molecule has 3 N–H and O–H groups in total. The van der Waals surface area contributed by atoms with Gasteiger partial charge in [0.15, 0.2) is 0 Å². The van der Waals surface area contributed by atoms with E-state index in [4.69, 9.17) is 5.73 Å². The summed E-state index contributed by atoms with van der Waals surface area (Å²) in [7, 11) is 0. The minimum atomic E-state index is -0.449. The number of carbonyl (C=O) groups is 2. The van der Waals surface area contributed by atoms with Gasteiger partial charge < -0.3 is 16.0 Å². The highest BCUT2D eigenvalue weighted by Crippen LogP contribution is 2.23. The van der Waals surface area contributed by atoms with Crippen LogP contribution in [0.1, 0.15) is 43.2 Å². The zero-order valence-electron chi connectivity index (χ0n) is 14.6. The molecular weight excluding hydrogens is 302 g/mol. The van der Waals surface area contributed by atoms with Gasteiger partial charge in [0.2, 0.25) is 5.91 Å². The highest BCUT2D eigenvalue weighted by molar-refractivity contribution is 5.78. The normalized spacial score (nSPS) is 15.3. The number of benzene rings is 1. The SMILES string of the molecule is Cc1cccc(CC(=O)N2CCC(CCCCNC(N)=O)CC2)c1. The molecule has 1 heterocycles. The van der Waals surface area contributed by atoms with Crippen LogP contribution in [0.25, 0.3) is 0 Å². The van der Waals surface area contributed by atoms with E-state index in [1.165, 1.54) is 12.0 Å². The molecule has 5 heteroatoms.